The predicted molar refractivity (Wildman–Crippen MR) is 52.5 cm³/mol. The maximum Gasteiger partial charge on any atom is 0.220 e. The van der Waals surface area contributed by atoms with Crippen molar-refractivity contribution >= 4 is 11.8 Å². The van der Waals surface area contributed by atoms with E-state index in [9.17, 15) is 9.59 Å². The average molecular weight is 199 g/mol. The SMILES string of the molecule is NCCCC(=O)NC1CCC(=O)NC1. The van der Waals surface area contributed by atoms with Crippen molar-refractivity contribution in [2.24, 2.45) is 5.73 Å². The minimum absolute atomic E-state index is 0.0246. The summed E-state index contributed by atoms with van der Waals surface area (Å²) in [5.74, 6) is 0.0917. The molecule has 0 aliphatic carbocycles. The molecule has 1 heterocycles. The summed E-state index contributed by atoms with van der Waals surface area (Å²) in [7, 11) is 0. The fourth-order valence-corrected chi connectivity index (χ4v) is 1.42. The van der Waals surface area contributed by atoms with Crippen molar-refractivity contribution in [1.29, 1.82) is 0 Å². The number of hydrogen-bond acceptors (Lipinski definition) is 3. The van der Waals surface area contributed by atoms with Gasteiger partial charge in [0, 0.05) is 25.4 Å². The monoisotopic (exact) mass is 199 g/mol. The molecule has 14 heavy (non-hydrogen) atoms. The number of carbonyl (C=O) groups is 2. The lowest BCUT2D eigenvalue weighted by Crippen LogP contribution is -2.47. The Bertz CT molecular complexity index is 208. The lowest BCUT2D eigenvalue weighted by atomic mass is 10.1. The molecule has 1 atom stereocenters. The summed E-state index contributed by atoms with van der Waals surface area (Å²) in [6.07, 6.45) is 2.42. The van der Waals surface area contributed by atoms with Gasteiger partial charge in [0.15, 0.2) is 0 Å². The molecule has 0 radical (unpaired) electrons. The highest BCUT2D eigenvalue weighted by molar-refractivity contribution is 5.78. The first-order valence-electron chi connectivity index (χ1n) is 4.98. The summed E-state index contributed by atoms with van der Waals surface area (Å²) in [5, 5.41) is 5.58. The summed E-state index contributed by atoms with van der Waals surface area (Å²) in [6, 6.07) is 0.0953. The Kier molecular flexibility index (Phi) is 4.39. The summed E-state index contributed by atoms with van der Waals surface area (Å²) in [5.41, 5.74) is 5.29. The molecule has 1 aliphatic rings. The van der Waals surface area contributed by atoms with Crippen molar-refractivity contribution in [1.82, 2.24) is 10.6 Å². The molecule has 2 amide bonds. The van der Waals surface area contributed by atoms with Crippen LogP contribution in [-0.4, -0.2) is 30.9 Å². The highest BCUT2D eigenvalue weighted by Gasteiger charge is 2.18. The molecular formula is C9H17N3O2. The number of hydrogen-bond donors (Lipinski definition) is 3. The van der Waals surface area contributed by atoms with Crippen molar-refractivity contribution in [3.8, 4) is 0 Å². The molecule has 4 N–H and O–H groups in total. The molecule has 1 rings (SSSR count). The van der Waals surface area contributed by atoms with E-state index >= 15 is 0 Å². The van der Waals surface area contributed by atoms with Crippen LogP contribution in [0.2, 0.25) is 0 Å². The predicted octanol–water partition coefficient (Wildman–Crippen LogP) is -0.880. The van der Waals surface area contributed by atoms with Gasteiger partial charge < -0.3 is 16.4 Å². The van der Waals surface area contributed by atoms with E-state index in [1.54, 1.807) is 0 Å². The van der Waals surface area contributed by atoms with Gasteiger partial charge >= 0.3 is 0 Å². The van der Waals surface area contributed by atoms with Gasteiger partial charge in [0.2, 0.25) is 11.8 Å². The molecule has 0 aromatic carbocycles. The van der Waals surface area contributed by atoms with E-state index in [1.165, 1.54) is 0 Å². The van der Waals surface area contributed by atoms with Crippen LogP contribution in [0, 0.1) is 0 Å². The molecule has 1 fully saturated rings. The minimum atomic E-state index is 0.0246. The zero-order chi connectivity index (χ0) is 10.4. The highest BCUT2D eigenvalue weighted by atomic mass is 16.2. The molecule has 5 nitrogen and oxygen atoms in total. The van der Waals surface area contributed by atoms with Crippen molar-refractivity contribution in [2.45, 2.75) is 31.7 Å². The second-order valence-corrected chi connectivity index (χ2v) is 3.50. The van der Waals surface area contributed by atoms with Crippen LogP contribution in [0.4, 0.5) is 0 Å². The Morgan fingerprint density at radius 1 is 1.64 bits per heavy atom. The first-order chi connectivity index (χ1) is 6.72. The molecule has 80 valence electrons. The smallest absolute Gasteiger partial charge is 0.220 e. The van der Waals surface area contributed by atoms with Gasteiger partial charge in [-0.3, -0.25) is 9.59 Å². The molecule has 1 saturated heterocycles. The maximum atomic E-state index is 11.3. The van der Waals surface area contributed by atoms with E-state index < -0.39 is 0 Å². The third-order valence-corrected chi connectivity index (χ3v) is 2.24. The van der Waals surface area contributed by atoms with Crippen LogP contribution in [0.5, 0.6) is 0 Å². The first kappa shape index (κ1) is 11.0. The molecular weight excluding hydrogens is 182 g/mol. The Morgan fingerprint density at radius 3 is 3.00 bits per heavy atom. The third kappa shape index (κ3) is 3.74. The van der Waals surface area contributed by atoms with Gasteiger partial charge in [-0.05, 0) is 19.4 Å². The number of amides is 2. The lowest BCUT2D eigenvalue weighted by Gasteiger charge is -2.23. The standard InChI is InChI=1S/C9H17N3O2/c10-5-1-2-9(14)12-7-3-4-8(13)11-6-7/h7H,1-6,10H2,(H,11,13)(H,12,14). The van der Waals surface area contributed by atoms with E-state index in [4.69, 9.17) is 5.73 Å². The van der Waals surface area contributed by atoms with Crippen LogP contribution >= 0.6 is 0 Å². The van der Waals surface area contributed by atoms with E-state index in [1.807, 2.05) is 0 Å². The van der Waals surface area contributed by atoms with Gasteiger partial charge in [-0.2, -0.15) is 0 Å². The lowest BCUT2D eigenvalue weighted by molar-refractivity contribution is -0.125. The van der Waals surface area contributed by atoms with Crippen molar-refractivity contribution in [2.75, 3.05) is 13.1 Å². The zero-order valence-corrected chi connectivity index (χ0v) is 8.21. The van der Waals surface area contributed by atoms with Crippen LogP contribution in [0.15, 0.2) is 0 Å². The van der Waals surface area contributed by atoms with E-state index in [-0.39, 0.29) is 17.9 Å². The fourth-order valence-electron chi connectivity index (χ4n) is 1.42. The van der Waals surface area contributed by atoms with Gasteiger partial charge in [0.05, 0.1) is 0 Å². The second-order valence-electron chi connectivity index (χ2n) is 3.50. The molecule has 0 aromatic heterocycles. The van der Waals surface area contributed by atoms with Gasteiger partial charge in [0.1, 0.15) is 0 Å². The first-order valence-corrected chi connectivity index (χ1v) is 4.98. The topological polar surface area (TPSA) is 84.2 Å². The number of nitrogens with one attached hydrogen (secondary N) is 2. The van der Waals surface area contributed by atoms with Crippen molar-refractivity contribution < 1.29 is 9.59 Å². The van der Waals surface area contributed by atoms with Gasteiger partial charge in [-0.15, -0.1) is 0 Å². The largest absolute Gasteiger partial charge is 0.354 e. The fraction of sp³-hybridized carbons (Fsp3) is 0.778. The number of rotatable bonds is 4. The minimum Gasteiger partial charge on any atom is -0.354 e. The summed E-state index contributed by atoms with van der Waals surface area (Å²) in [6.45, 7) is 1.09. The molecule has 0 aromatic rings. The van der Waals surface area contributed by atoms with E-state index in [0.29, 0.717) is 32.4 Å². The van der Waals surface area contributed by atoms with Crippen molar-refractivity contribution in [3.63, 3.8) is 0 Å². The van der Waals surface area contributed by atoms with Crippen LogP contribution in [0.25, 0.3) is 0 Å². The number of carbonyl (C=O) groups excluding carboxylic acids is 2. The Morgan fingerprint density at radius 2 is 2.43 bits per heavy atom. The molecule has 1 aliphatic heterocycles. The van der Waals surface area contributed by atoms with Crippen LogP contribution < -0.4 is 16.4 Å². The van der Waals surface area contributed by atoms with Crippen LogP contribution in [0.1, 0.15) is 25.7 Å². The molecule has 5 heteroatoms. The quantitative estimate of drug-likeness (QED) is 0.549. The average Bonchev–Trinajstić information content (AvgIpc) is 2.18. The Hall–Kier alpha value is -1.10. The summed E-state index contributed by atoms with van der Waals surface area (Å²) < 4.78 is 0. The molecule has 1 unspecified atom stereocenters. The Labute approximate surface area is 83.4 Å². The molecule has 0 spiro atoms. The van der Waals surface area contributed by atoms with Crippen LogP contribution in [0.3, 0.4) is 0 Å². The second kappa shape index (κ2) is 5.59. The summed E-state index contributed by atoms with van der Waals surface area (Å²) >= 11 is 0. The summed E-state index contributed by atoms with van der Waals surface area (Å²) in [4.78, 5) is 22.1. The number of piperidine rings is 1. The van der Waals surface area contributed by atoms with E-state index in [2.05, 4.69) is 10.6 Å². The normalized spacial score (nSPS) is 21.5. The van der Waals surface area contributed by atoms with Gasteiger partial charge in [-0.25, -0.2) is 0 Å². The molecule has 0 bridgehead atoms. The van der Waals surface area contributed by atoms with Crippen LogP contribution in [-0.2, 0) is 9.59 Å². The number of nitrogens with two attached hydrogens (primary N) is 1. The maximum absolute atomic E-state index is 11.3. The highest BCUT2D eigenvalue weighted by Crippen LogP contribution is 2.02. The van der Waals surface area contributed by atoms with Gasteiger partial charge in [-0.1, -0.05) is 0 Å². The third-order valence-electron chi connectivity index (χ3n) is 2.24. The Balaban J connectivity index is 2.17. The van der Waals surface area contributed by atoms with Crippen molar-refractivity contribution in [3.05, 3.63) is 0 Å². The zero-order valence-electron chi connectivity index (χ0n) is 8.21. The van der Waals surface area contributed by atoms with Gasteiger partial charge in [0.25, 0.3) is 0 Å². The van der Waals surface area contributed by atoms with E-state index in [0.717, 1.165) is 6.42 Å². The molecule has 0 saturated carbocycles.